The van der Waals surface area contributed by atoms with Crippen molar-refractivity contribution in [2.45, 2.75) is 89.1 Å². The minimum atomic E-state index is -1.35. The van der Waals surface area contributed by atoms with Crippen molar-refractivity contribution in [2.75, 3.05) is 31.6 Å². The fourth-order valence-electron chi connectivity index (χ4n) is 6.23. The van der Waals surface area contributed by atoms with Crippen LogP contribution in [0.2, 0.25) is 51.4 Å². The second-order valence-corrected chi connectivity index (χ2v) is 27.9. The van der Waals surface area contributed by atoms with E-state index in [2.05, 4.69) is 66.2 Å². The summed E-state index contributed by atoms with van der Waals surface area (Å²) in [6.07, 6.45) is 5.00. The highest BCUT2D eigenvalue weighted by molar-refractivity contribution is 9.10. The molecule has 0 saturated heterocycles. The predicted octanol–water partition coefficient (Wildman–Crippen LogP) is 8.37. The van der Waals surface area contributed by atoms with Crippen LogP contribution in [0.5, 0.6) is 0 Å². The number of pyridine rings is 1. The third-order valence-corrected chi connectivity index (χ3v) is 13.5. The molecule has 3 aromatic heterocycles. The molecule has 50 heavy (non-hydrogen) atoms. The highest BCUT2D eigenvalue weighted by Crippen LogP contribution is 2.43. The smallest absolute Gasteiger partial charge is 0.332 e. The first-order chi connectivity index (χ1) is 23.7. The summed E-state index contributed by atoms with van der Waals surface area (Å²) in [7, 11) is -2.59. The standard InChI is InChI=1S/C37H52BrN5O5Si2/c1-49(2,3)20-18-47-24-42(25-48-19-21-50(4,5)6)36-32(38)33(27-12-14-28(15-13-27)34(44)37(45)46)41-35-30(23-40-43(35)36)29-16-17-31(39-22-29)26-10-8-7-9-11-26/h7-11,16-17,22-23,27-28,34,44H,12-15,18-21,24-25H2,1-6H3,(H,45,46)/t27?,28?,34-/m1/s1. The molecule has 1 aromatic carbocycles. The Labute approximate surface area is 306 Å². The topological polar surface area (TPSA) is 122 Å². The van der Waals surface area contributed by atoms with Gasteiger partial charge in [-0.15, -0.1) is 0 Å². The number of aromatic nitrogens is 4. The van der Waals surface area contributed by atoms with Crippen molar-refractivity contribution >= 4 is 49.5 Å². The lowest BCUT2D eigenvalue weighted by Gasteiger charge is -2.32. The zero-order chi connectivity index (χ0) is 36.1. The van der Waals surface area contributed by atoms with E-state index >= 15 is 0 Å². The van der Waals surface area contributed by atoms with Crippen LogP contribution in [0.1, 0.15) is 37.3 Å². The number of hydrogen-bond donors (Lipinski definition) is 2. The molecular formula is C37H52BrN5O5Si2. The fraction of sp³-hybridized carbons (Fsp3) is 0.514. The zero-order valence-electron chi connectivity index (χ0n) is 30.2. The van der Waals surface area contributed by atoms with Crippen LogP contribution in [0.15, 0.2) is 59.3 Å². The Hall–Kier alpha value is -2.95. The van der Waals surface area contributed by atoms with E-state index in [1.807, 2.05) is 53.3 Å². The molecule has 4 aromatic rings. The maximum Gasteiger partial charge on any atom is 0.332 e. The van der Waals surface area contributed by atoms with E-state index in [4.69, 9.17) is 24.5 Å². The van der Waals surface area contributed by atoms with Gasteiger partial charge in [0.05, 0.1) is 22.1 Å². The van der Waals surface area contributed by atoms with Crippen molar-refractivity contribution < 1.29 is 24.5 Å². The Morgan fingerprint density at radius 1 is 0.920 bits per heavy atom. The fourth-order valence-corrected chi connectivity index (χ4v) is 8.58. The lowest BCUT2D eigenvalue weighted by molar-refractivity contribution is -0.150. The maximum absolute atomic E-state index is 11.5. The summed E-state index contributed by atoms with van der Waals surface area (Å²) in [4.78, 5) is 23.7. The number of carboxylic acid groups (broad SMARTS) is 1. The predicted molar refractivity (Wildman–Crippen MR) is 208 cm³/mol. The lowest BCUT2D eigenvalue weighted by Crippen LogP contribution is -2.34. The van der Waals surface area contributed by atoms with E-state index in [0.29, 0.717) is 58.0 Å². The average Bonchev–Trinajstić information content (AvgIpc) is 3.50. The Balaban J connectivity index is 1.54. The van der Waals surface area contributed by atoms with E-state index < -0.39 is 28.2 Å². The van der Waals surface area contributed by atoms with Crippen LogP contribution in [0.3, 0.4) is 0 Å². The Morgan fingerprint density at radius 3 is 2.08 bits per heavy atom. The van der Waals surface area contributed by atoms with Crippen LogP contribution in [-0.4, -0.2) is 84.7 Å². The highest BCUT2D eigenvalue weighted by Gasteiger charge is 2.34. The second-order valence-electron chi connectivity index (χ2n) is 15.9. The normalized spacial score (nSPS) is 17.6. The van der Waals surface area contributed by atoms with E-state index in [1.54, 1.807) is 0 Å². The van der Waals surface area contributed by atoms with Gasteiger partial charge < -0.3 is 24.6 Å². The van der Waals surface area contributed by atoms with Crippen molar-refractivity contribution in [1.82, 2.24) is 19.6 Å². The summed E-state index contributed by atoms with van der Waals surface area (Å²) in [6, 6.07) is 16.3. The van der Waals surface area contributed by atoms with Crippen LogP contribution in [0.25, 0.3) is 28.0 Å². The number of nitrogens with zero attached hydrogens (tertiary/aromatic N) is 5. The van der Waals surface area contributed by atoms with Crippen molar-refractivity contribution in [3.05, 3.63) is 65.0 Å². The number of anilines is 1. The second kappa shape index (κ2) is 16.6. The monoisotopic (exact) mass is 781 g/mol. The average molecular weight is 783 g/mol. The van der Waals surface area contributed by atoms with Gasteiger partial charge in [0, 0.05) is 58.2 Å². The molecule has 0 unspecified atom stereocenters. The first kappa shape index (κ1) is 38.3. The van der Waals surface area contributed by atoms with Gasteiger partial charge in [-0.3, -0.25) is 4.98 Å². The van der Waals surface area contributed by atoms with E-state index in [9.17, 15) is 15.0 Å². The molecule has 0 aliphatic heterocycles. The minimum absolute atomic E-state index is 0.0640. The molecule has 1 saturated carbocycles. The molecule has 0 bridgehead atoms. The first-order valence-electron chi connectivity index (χ1n) is 17.6. The SMILES string of the molecule is C[Si](C)(C)CCOCN(COCC[Si](C)(C)C)c1c(Br)c(C2CCC([C@@H](O)C(=O)O)CC2)nc2c(-c3ccc(-c4ccccc4)nc3)cnn12. The maximum atomic E-state index is 11.5. The number of benzene rings is 1. The highest BCUT2D eigenvalue weighted by atomic mass is 79.9. The zero-order valence-corrected chi connectivity index (χ0v) is 33.8. The van der Waals surface area contributed by atoms with Gasteiger partial charge in [0.1, 0.15) is 13.5 Å². The molecule has 0 amide bonds. The summed E-state index contributed by atoms with van der Waals surface area (Å²) < 4.78 is 15.4. The van der Waals surface area contributed by atoms with E-state index in [0.717, 1.165) is 50.5 Å². The first-order valence-corrected chi connectivity index (χ1v) is 25.8. The number of aliphatic hydroxyl groups is 1. The molecule has 1 aliphatic rings. The molecule has 10 nitrogen and oxygen atoms in total. The molecule has 5 rings (SSSR count). The molecule has 2 N–H and O–H groups in total. The van der Waals surface area contributed by atoms with Crippen molar-refractivity contribution in [1.29, 1.82) is 0 Å². The molecule has 13 heteroatoms. The van der Waals surface area contributed by atoms with Gasteiger partial charge in [0.25, 0.3) is 0 Å². The Kier molecular flexibility index (Phi) is 12.7. The van der Waals surface area contributed by atoms with E-state index in [-0.39, 0.29) is 11.8 Å². The number of carbonyl (C=O) groups is 1. The van der Waals surface area contributed by atoms with Gasteiger partial charge in [-0.05, 0) is 65.7 Å². The van der Waals surface area contributed by atoms with Crippen LogP contribution in [-0.2, 0) is 14.3 Å². The molecule has 0 spiro atoms. The summed E-state index contributed by atoms with van der Waals surface area (Å²) in [5.41, 5.74) is 5.30. The van der Waals surface area contributed by atoms with Crippen molar-refractivity contribution in [3.63, 3.8) is 0 Å². The number of ether oxygens (including phenoxy) is 2. The van der Waals surface area contributed by atoms with Crippen LogP contribution >= 0.6 is 15.9 Å². The van der Waals surface area contributed by atoms with Gasteiger partial charge in [-0.2, -0.15) is 9.61 Å². The molecule has 270 valence electrons. The largest absolute Gasteiger partial charge is 0.479 e. The Morgan fingerprint density at radius 2 is 1.54 bits per heavy atom. The van der Waals surface area contributed by atoms with Gasteiger partial charge in [-0.1, -0.05) is 75.7 Å². The third kappa shape index (κ3) is 9.88. The van der Waals surface area contributed by atoms with Gasteiger partial charge in [0.2, 0.25) is 0 Å². The molecule has 1 atom stereocenters. The number of rotatable bonds is 16. The summed E-state index contributed by atoms with van der Waals surface area (Å²) in [5.74, 6) is -0.569. The number of halogens is 1. The third-order valence-electron chi connectivity index (χ3n) is 9.38. The van der Waals surface area contributed by atoms with Crippen molar-refractivity contribution in [2.24, 2.45) is 5.92 Å². The quantitative estimate of drug-likeness (QED) is 0.0656. The molecule has 1 aliphatic carbocycles. The van der Waals surface area contributed by atoms with Crippen molar-refractivity contribution in [3.8, 4) is 22.4 Å². The van der Waals surface area contributed by atoms with Gasteiger partial charge >= 0.3 is 5.97 Å². The Bertz CT molecular complexity index is 1700. The molecular weight excluding hydrogens is 731 g/mol. The summed E-state index contributed by atoms with van der Waals surface area (Å²) >= 11 is 3.97. The van der Waals surface area contributed by atoms with Gasteiger partial charge in [0.15, 0.2) is 17.6 Å². The molecule has 3 heterocycles. The summed E-state index contributed by atoms with van der Waals surface area (Å²) in [5, 5.41) is 24.6. The number of aliphatic hydroxyl groups excluding tert-OH is 1. The lowest BCUT2D eigenvalue weighted by atomic mass is 9.78. The van der Waals surface area contributed by atoms with Gasteiger partial charge in [-0.25, -0.2) is 9.78 Å². The van der Waals surface area contributed by atoms with Crippen LogP contribution in [0.4, 0.5) is 5.82 Å². The molecule has 1 fully saturated rings. The van der Waals surface area contributed by atoms with Crippen LogP contribution < -0.4 is 4.90 Å². The number of fused-ring (bicyclic) bond motifs is 1. The number of carboxylic acids is 1. The van der Waals surface area contributed by atoms with Crippen LogP contribution in [0, 0.1) is 5.92 Å². The minimum Gasteiger partial charge on any atom is -0.479 e. The van der Waals surface area contributed by atoms with E-state index in [1.165, 1.54) is 0 Å². The molecule has 0 radical (unpaired) electrons. The number of hydrogen-bond acceptors (Lipinski definition) is 8. The number of aliphatic carboxylic acids is 1. The summed E-state index contributed by atoms with van der Waals surface area (Å²) in [6.45, 7) is 16.1.